The van der Waals surface area contributed by atoms with Crippen molar-refractivity contribution in [3.8, 4) is 11.5 Å². The Bertz CT molecular complexity index is 700. The van der Waals surface area contributed by atoms with Gasteiger partial charge < -0.3 is 24.3 Å². The lowest BCUT2D eigenvalue weighted by Gasteiger charge is -2.19. The van der Waals surface area contributed by atoms with Gasteiger partial charge in [0, 0.05) is 40.0 Å². The zero-order chi connectivity index (χ0) is 25.0. The van der Waals surface area contributed by atoms with Crippen molar-refractivity contribution in [2.75, 3.05) is 41.1 Å². The standard InChI is InChI=1S/C27H45NO6.ClH/c1-5-22(13-8-6-7-9-14-26(29)28-2)23-16-17-24(25(21-23)34-20-12-18-31-3)33-19-11-10-15-27(30)32-4;/h16-17,21-22H,5-15,18-20H2,1-4H3,(H,28,29);1H. The number of hydrogen-bond acceptors (Lipinski definition) is 6. The molecule has 0 heterocycles. The van der Waals surface area contributed by atoms with Crippen LogP contribution in [0.5, 0.6) is 11.5 Å². The molecule has 1 unspecified atom stereocenters. The molecule has 8 heteroatoms. The van der Waals surface area contributed by atoms with E-state index in [1.807, 2.05) is 6.07 Å². The molecular formula is C27H46ClNO6. The van der Waals surface area contributed by atoms with Crippen LogP contribution in [-0.4, -0.2) is 53.0 Å². The second kappa shape index (κ2) is 21.3. The van der Waals surface area contributed by atoms with Crippen molar-refractivity contribution in [3.05, 3.63) is 23.8 Å². The lowest BCUT2D eigenvalue weighted by molar-refractivity contribution is -0.140. The molecule has 0 aliphatic carbocycles. The van der Waals surface area contributed by atoms with Gasteiger partial charge in [-0.15, -0.1) is 12.4 Å². The van der Waals surface area contributed by atoms with Crippen molar-refractivity contribution < 1.29 is 28.5 Å². The van der Waals surface area contributed by atoms with Crippen molar-refractivity contribution in [2.45, 2.75) is 83.5 Å². The normalized spacial score (nSPS) is 11.3. The van der Waals surface area contributed by atoms with Gasteiger partial charge >= 0.3 is 5.97 Å². The lowest BCUT2D eigenvalue weighted by atomic mass is 9.90. The van der Waals surface area contributed by atoms with Crippen molar-refractivity contribution in [3.63, 3.8) is 0 Å². The van der Waals surface area contributed by atoms with E-state index in [1.165, 1.54) is 12.7 Å². The Morgan fingerprint density at radius 3 is 2.23 bits per heavy atom. The molecule has 0 aliphatic heterocycles. The zero-order valence-electron chi connectivity index (χ0n) is 22.1. The summed E-state index contributed by atoms with van der Waals surface area (Å²) in [6.45, 7) is 3.97. The molecule has 0 bridgehead atoms. The maximum Gasteiger partial charge on any atom is 0.305 e. The number of ether oxygens (including phenoxy) is 4. The van der Waals surface area contributed by atoms with Crippen LogP contribution in [0, 0.1) is 0 Å². The van der Waals surface area contributed by atoms with E-state index >= 15 is 0 Å². The highest BCUT2D eigenvalue weighted by atomic mass is 35.5. The highest BCUT2D eigenvalue weighted by Crippen LogP contribution is 2.34. The number of methoxy groups -OCH3 is 2. The monoisotopic (exact) mass is 515 g/mol. The number of esters is 1. The number of rotatable bonds is 20. The molecule has 1 aromatic rings. The summed E-state index contributed by atoms with van der Waals surface area (Å²) in [5.41, 5.74) is 1.27. The predicted octanol–water partition coefficient (Wildman–Crippen LogP) is 5.83. The van der Waals surface area contributed by atoms with E-state index < -0.39 is 0 Å². The van der Waals surface area contributed by atoms with E-state index in [2.05, 4.69) is 29.1 Å². The third-order valence-electron chi connectivity index (χ3n) is 5.93. The van der Waals surface area contributed by atoms with Crippen LogP contribution in [0.25, 0.3) is 0 Å². The largest absolute Gasteiger partial charge is 0.490 e. The van der Waals surface area contributed by atoms with E-state index in [9.17, 15) is 9.59 Å². The van der Waals surface area contributed by atoms with Crippen LogP contribution in [0.4, 0.5) is 0 Å². The molecule has 7 nitrogen and oxygen atoms in total. The van der Waals surface area contributed by atoms with Crippen LogP contribution in [0.15, 0.2) is 18.2 Å². The Morgan fingerprint density at radius 1 is 0.857 bits per heavy atom. The second-order valence-electron chi connectivity index (χ2n) is 8.51. The molecule has 0 saturated heterocycles. The number of halogens is 1. The average Bonchev–Trinajstić information content (AvgIpc) is 2.86. The van der Waals surface area contributed by atoms with Gasteiger partial charge in [0.05, 0.1) is 20.3 Å². The van der Waals surface area contributed by atoms with Gasteiger partial charge in [-0.1, -0.05) is 32.3 Å². The summed E-state index contributed by atoms with van der Waals surface area (Å²) < 4.78 is 21.9. The van der Waals surface area contributed by atoms with Crippen molar-refractivity contribution in [2.24, 2.45) is 0 Å². The highest BCUT2D eigenvalue weighted by molar-refractivity contribution is 5.85. The van der Waals surface area contributed by atoms with Crippen molar-refractivity contribution in [1.29, 1.82) is 0 Å². The third-order valence-corrected chi connectivity index (χ3v) is 5.93. The number of carbonyl (C=O) groups is 2. The van der Waals surface area contributed by atoms with Gasteiger partial charge in [0.1, 0.15) is 0 Å². The fourth-order valence-electron chi connectivity index (χ4n) is 3.81. The van der Waals surface area contributed by atoms with Crippen molar-refractivity contribution in [1.82, 2.24) is 5.32 Å². The van der Waals surface area contributed by atoms with Crippen LogP contribution >= 0.6 is 12.4 Å². The first-order chi connectivity index (χ1) is 16.5. The molecule has 0 aliphatic rings. The maximum absolute atomic E-state index is 11.3. The lowest BCUT2D eigenvalue weighted by Crippen LogP contribution is -2.16. The summed E-state index contributed by atoms with van der Waals surface area (Å²) in [5.74, 6) is 1.90. The molecule has 202 valence electrons. The van der Waals surface area contributed by atoms with Crippen LogP contribution in [-0.2, 0) is 19.1 Å². The number of amides is 1. The van der Waals surface area contributed by atoms with Crippen LogP contribution < -0.4 is 14.8 Å². The van der Waals surface area contributed by atoms with Gasteiger partial charge in [0.2, 0.25) is 5.91 Å². The van der Waals surface area contributed by atoms with Crippen LogP contribution in [0.2, 0.25) is 0 Å². The minimum absolute atomic E-state index is 0. The van der Waals surface area contributed by atoms with E-state index in [1.54, 1.807) is 14.2 Å². The number of unbranched alkanes of at least 4 members (excludes halogenated alkanes) is 4. The first kappa shape index (κ1) is 33.0. The fourth-order valence-corrected chi connectivity index (χ4v) is 3.81. The summed E-state index contributed by atoms with van der Waals surface area (Å²) in [7, 11) is 4.78. The Balaban J connectivity index is 0.0000116. The van der Waals surface area contributed by atoms with Gasteiger partial charge in [-0.25, -0.2) is 0 Å². The molecule has 0 saturated carbocycles. The maximum atomic E-state index is 11.3. The van der Waals surface area contributed by atoms with Gasteiger partial charge in [-0.3, -0.25) is 9.59 Å². The van der Waals surface area contributed by atoms with E-state index in [0.29, 0.717) is 38.6 Å². The summed E-state index contributed by atoms with van der Waals surface area (Å²) in [6.07, 6.45) is 9.84. The quantitative estimate of drug-likeness (QED) is 0.174. The van der Waals surface area contributed by atoms with E-state index in [0.717, 1.165) is 69.3 Å². The summed E-state index contributed by atoms with van der Waals surface area (Å²) >= 11 is 0. The molecule has 1 aromatic carbocycles. The van der Waals surface area contributed by atoms with Gasteiger partial charge in [-0.2, -0.15) is 0 Å². The summed E-state index contributed by atoms with van der Waals surface area (Å²) in [5, 5.41) is 2.68. The molecule has 0 radical (unpaired) electrons. The zero-order valence-corrected chi connectivity index (χ0v) is 22.9. The predicted molar refractivity (Wildman–Crippen MR) is 142 cm³/mol. The summed E-state index contributed by atoms with van der Waals surface area (Å²) in [6, 6.07) is 6.27. The summed E-state index contributed by atoms with van der Waals surface area (Å²) in [4.78, 5) is 22.6. The number of nitrogens with one attached hydrogen (secondary N) is 1. The molecule has 1 atom stereocenters. The molecule has 0 fully saturated rings. The number of benzene rings is 1. The Hall–Kier alpha value is -1.99. The van der Waals surface area contributed by atoms with E-state index in [-0.39, 0.29) is 24.3 Å². The Morgan fingerprint density at radius 2 is 1.54 bits per heavy atom. The molecule has 1 N–H and O–H groups in total. The average molecular weight is 516 g/mol. The molecule has 1 rings (SSSR count). The van der Waals surface area contributed by atoms with Crippen LogP contribution in [0.3, 0.4) is 0 Å². The highest BCUT2D eigenvalue weighted by Gasteiger charge is 2.14. The molecule has 0 spiro atoms. The smallest absolute Gasteiger partial charge is 0.305 e. The Labute approximate surface area is 218 Å². The molecule has 0 aromatic heterocycles. The van der Waals surface area contributed by atoms with E-state index in [4.69, 9.17) is 14.2 Å². The molecule has 1 amide bonds. The SMILES string of the molecule is CCC(CCCCCCC(=O)NC)c1ccc(OCCCCC(=O)OC)c(OCCCOC)c1.Cl. The third kappa shape index (κ3) is 14.9. The topological polar surface area (TPSA) is 83.1 Å². The number of carbonyl (C=O) groups excluding carboxylic acids is 2. The molecule has 35 heavy (non-hydrogen) atoms. The van der Waals surface area contributed by atoms with Crippen LogP contribution in [0.1, 0.15) is 89.0 Å². The fraction of sp³-hybridized carbons (Fsp3) is 0.704. The first-order valence-electron chi connectivity index (χ1n) is 12.7. The molecular weight excluding hydrogens is 470 g/mol. The Kier molecular flexibility index (Phi) is 20.1. The minimum atomic E-state index is -0.191. The van der Waals surface area contributed by atoms with Gasteiger partial charge in [-0.05, 0) is 55.7 Å². The first-order valence-corrected chi connectivity index (χ1v) is 12.7. The van der Waals surface area contributed by atoms with Gasteiger partial charge in [0.25, 0.3) is 0 Å². The second-order valence-corrected chi connectivity index (χ2v) is 8.51. The minimum Gasteiger partial charge on any atom is -0.490 e. The number of hydrogen-bond donors (Lipinski definition) is 1. The van der Waals surface area contributed by atoms with Crippen molar-refractivity contribution >= 4 is 24.3 Å². The van der Waals surface area contributed by atoms with Gasteiger partial charge in [0.15, 0.2) is 11.5 Å².